The van der Waals surface area contributed by atoms with Crippen LogP contribution in [0.25, 0.3) is 0 Å². The van der Waals surface area contributed by atoms with E-state index in [2.05, 4.69) is 34.6 Å². The minimum Gasteiger partial charge on any atom is -0.479 e. The van der Waals surface area contributed by atoms with E-state index in [-0.39, 0.29) is 17.3 Å². The van der Waals surface area contributed by atoms with E-state index in [1.165, 1.54) is 44.9 Å². The van der Waals surface area contributed by atoms with Gasteiger partial charge in [-0.05, 0) is 97.7 Å². The molecule has 4 rings (SSSR count). The monoisotopic (exact) mass is 444 g/mol. The van der Waals surface area contributed by atoms with Crippen LogP contribution in [0.4, 0.5) is 0 Å². The summed E-state index contributed by atoms with van der Waals surface area (Å²) < 4.78 is 0. The highest BCUT2D eigenvalue weighted by Crippen LogP contribution is 2.67. The molecule has 4 aliphatic rings. The van der Waals surface area contributed by atoms with E-state index in [0.717, 1.165) is 42.9 Å². The van der Waals surface area contributed by atoms with Crippen LogP contribution in [0.5, 0.6) is 0 Å². The van der Waals surface area contributed by atoms with Crippen molar-refractivity contribution in [2.75, 3.05) is 0 Å². The molecule has 4 aliphatic carbocycles. The number of carbonyl (C=O) groups is 1. The molecule has 0 bridgehead atoms. The smallest absolute Gasteiger partial charge is 0.335 e. The molecule has 2 saturated carbocycles. The zero-order valence-corrected chi connectivity index (χ0v) is 21.5. The number of aliphatic hydroxyl groups is 1. The number of carboxylic acids is 1. The molecule has 8 atom stereocenters. The van der Waals surface area contributed by atoms with E-state index in [0.29, 0.717) is 11.8 Å². The summed E-state index contributed by atoms with van der Waals surface area (Å²) in [4.78, 5) is 11.9. The fourth-order valence-electron chi connectivity index (χ4n) is 9.23. The summed E-state index contributed by atoms with van der Waals surface area (Å²) >= 11 is 0. The van der Waals surface area contributed by atoms with Crippen molar-refractivity contribution in [2.24, 2.45) is 46.3 Å². The number of hydrogen-bond acceptors (Lipinski definition) is 2. The van der Waals surface area contributed by atoms with Gasteiger partial charge in [-0.15, -0.1) is 0 Å². The van der Waals surface area contributed by atoms with Gasteiger partial charge in [0.25, 0.3) is 0 Å². The molecule has 0 unspecified atom stereocenters. The van der Waals surface area contributed by atoms with Gasteiger partial charge in [-0.1, -0.05) is 72.0 Å². The maximum Gasteiger partial charge on any atom is 0.335 e. The lowest BCUT2D eigenvalue weighted by molar-refractivity contribution is -0.179. The lowest BCUT2D eigenvalue weighted by Crippen LogP contribution is -2.57. The standard InChI is InChI=1S/C29H48O3/c1-18(2)8-7-9-19(3)22-12-13-24-21-10-11-23-20(4)29(32,26(30)31)17-16-28(23,6)25(21)14-15-27(22,24)5/h18-20,22-24,32H,7-17H2,1-6H3,(H,30,31)/t19-,20-,22-,23+,24+,27-,28+,29+/m1/s1. The van der Waals surface area contributed by atoms with Gasteiger partial charge in [0.05, 0.1) is 0 Å². The predicted octanol–water partition coefficient (Wildman–Crippen LogP) is 7.23. The molecule has 0 aromatic rings. The fraction of sp³-hybridized carbons (Fsp3) is 0.897. The predicted molar refractivity (Wildman–Crippen MR) is 130 cm³/mol. The molecule has 0 spiro atoms. The lowest BCUT2D eigenvalue weighted by Gasteiger charge is -2.58. The average Bonchev–Trinajstić information content (AvgIpc) is 3.08. The first kappa shape index (κ1) is 24.3. The second-order valence-corrected chi connectivity index (χ2v) is 13.1. The summed E-state index contributed by atoms with van der Waals surface area (Å²) in [6.07, 6.45) is 12.7. The molecule has 0 heterocycles. The Kier molecular flexibility index (Phi) is 6.40. The fourth-order valence-corrected chi connectivity index (χ4v) is 9.23. The zero-order chi connectivity index (χ0) is 23.5. The highest BCUT2D eigenvalue weighted by atomic mass is 16.4. The number of aliphatic carboxylic acids is 1. The van der Waals surface area contributed by atoms with E-state index in [1.54, 1.807) is 11.1 Å². The molecule has 2 N–H and O–H groups in total. The van der Waals surface area contributed by atoms with Crippen LogP contribution >= 0.6 is 0 Å². The van der Waals surface area contributed by atoms with Gasteiger partial charge >= 0.3 is 5.97 Å². The lowest BCUT2D eigenvalue weighted by atomic mass is 9.47. The largest absolute Gasteiger partial charge is 0.479 e. The summed E-state index contributed by atoms with van der Waals surface area (Å²) in [5, 5.41) is 20.7. The Bertz CT molecular complexity index is 768. The van der Waals surface area contributed by atoms with E-state index >= 15 is 0 Å². The average molecular weight is 445 g/mol. The molecule has 182 valence electrons. The second kappa shape index (κ2) is 8.43. The van der Waals surface area contributed by atoms with Gasteiger partial charge in [-0.25, -0.2) is 4.79 Å². The highest BCUT2D eigenvalue weighted by molar-refractivity contribution is 5.78. The van der Waals surface area contributed by atoms with Gasteiger partial charge in [0.15, 0.2) is 5.60 Å². The van der Waals surface area contributed by atoms with Crippen molar-refractivity contribution >= 4 is 5.97 Å². The first-order valence-electron chi connectivity index (χ1n) is 13.6. The molecule has 3 nitrogen and oxygen atoms in total. The van der Waals surface area contributed by atoms with Crippen molar-refractivity contribution in [3.63, 3.8) is 0 Å². The number of rotatable bonds is 6. The molecule has 3 heteroatoms. The van der Waals surface area contributed by atoms with Gasteiger partial charge in [-0.3, -0.25) is 0 Å². The molecule has 0 radical (unpaired) electrons. The van der Waals surface area contributed by atoms with E-state index in [1.807, 2.05) is 6.92 Å². The van der Waals surface area contributed by atoms with Gasteiger partial charge < -0.3 is 10.2 Å². The molecule has 0 aromatic carbocycles. The summed E-state index contributed by atoms with van der Waals surface area (Å²) in [6.45, 7) is 14.2. The van der Waals surface area contributed by atoms with Crippen LogP contribution in [0.2, 0.25) is 0 Å². The first-order valence-corrected chi connectivity index (χ1v) is 13.6. The van der Waals surface area contributed by atoms with E-state index in [4.69, 9.17) is 0 Å². The Hall–Kier alpha value is -0.830. The Morgan fingerprint density at radius 2 is 1.75 bits per heavy atom. The van der Waals surface area contributed by atoms with Crippen LogP contribution in [0, 0.1) is 46.3 Å². The number of carboxylic acid groups (broad SMARTS) is 1. The van der Waals surface area contributed by atoms with Crippen LogP contribution in [0.15, 0.2) is 11.1 Å². The Balaban J connectivity index is 1.56. The summed E-state index contributed by atoms with van der Waals surface area (Å²) in [5.41, 5.74) is 2.43. The molecule has 0 aromatic heterocycles. The van der Waals surface area contributed by atoms with Gasteiger partial charge in [0, 0.05) is 0 Å². The zero-order valence-electron chi connectivity index (χ0n) is 21.5. The quantitative estimate of drug-likeness (QED) is 0.425. The van der Waals surface area contributed by atoms with Gasteiger partial charge in [-0.2, -0.15) is 0 Å². The van der Waals surface area contributed by atoms with Crippen molar-refractivity contribution in [3.05, 3.63) is 11.1 Å². The molecular formula is C29H48O3. The SMILES string of the molecule is CC(C)CCC[C@@H](C)[C@H]1CC[C@H]2C3=C(CC[C@]12C)[C@@]1(C)CC[C@@](O)(C(=O)O)[C@H](C)[C@@H]1CC3. The van der Waals surface area contributed by atoms with Crippen molar-refractivity contribution in [1.82, 2.24) is 0 Å². The Labute approximate surface area is 196 Å². The molecule has 32 heavy (non-hydrogen) atoms. The molecule has 2 fully saturated rings. The Morgan fingerprint density at radius 3 is 2.41 bits per heavy atom. The van der Waals surface area contributed by atoms with E-state index in [9.17, 15) is 15.0 Å². The van der Waals surface area contributed by atoms with Gasteiger partial charge in [0.1, 0.15) is 0 Å². The highest BCUT2D eigenvalue weighted by Gasteiger charge is 2.60. The van der Waals surface area contributed by atoms with Crippen LogP contribution < -0.4 is 0 Å². The van der Waals surface area contributed by atoms with E-state index < -0.39 is 11.6 Å². The third-order valence-electron chi connectivity index (χ3n) is 11.2. The molecule has 0 aliphatic heterocycles. The molecular weight excluding hydrogens is 396 g/mol. The topological polar surface area (TPSA) is 57.5 Å². The van der Waals surface area contributed by atoms with Crippen LogP contribution in [0.1, 0.15) is 112 Å². The summed E-state index contributed by atoms with van der Waals surface area (Å²) in [7, 11) is 0. The minimum atomic E-state index is -1.55. The number of allylic oxidation sites excluding steroid dienone is 2. The maximum atomic E-state index is 11.9. The summed E-state index contributed by atoms with van der Waals surface area (Å²) in [5.74, 6) is 2.29. The van der Waals surface area contributed by atoms with Gasteiger partial charge in [0.2, 0.25) is 0 Å². The van der Waals surface area contributed by atoms with Crippen molar-refractivity contribution < 1.29 is 15.0 Å². The minimum absolute atomic E-state index is 0.0803. The van der Waals surface area contributed by atoms with Crippen LogP contribution in [-0.4, -0.2) is 21.8 Å². The van der Waals surface area contributed by atoms with Crippen molar-refractivity contribution in [3.8, 4) is 0 Å². The van der Waals surface area contributed by atoms with Crippen molar-refractivity contribution in [2.45, 2.75) is 118 Å². The van der Waals surface area contributed by atoms with Crippen LogP contribution in [0.3, 0.4) is 0 Å². The normalized spacial score (nSPS) is 44.8. The third kappa shape index (κ3) is 3.60. The van der Waals surface area contributed by atoms with Crippen LogP contribution in [-0.2, 0) is 4.79 Å². The third-order valence-corrected chi connectivity index (χ3v) is 11.2. The Morgan fingerprint density at radius 1 is 1.03 bits per heavy atom. The second-order valence-electron chi connectivity index (χ2n) is 13.1. The number of hydrogen-bond donors (Lipinski definition) is 2. The number of fused-ring (bicyclic) bond motifs is 4. The summed E-state index contributed by atoms with van der Waals surface area (Å²) in [6, 6.07) is 0. The van der Waals surface area contributed by atoms with Crippen molar-refractivity contribution in [1.29, 1.82) is 0 Å². The first-order chi connectivity index (χ1) is 14.9. The maximum absolute atomic E-state index is 11.9. The molecule has 0 saturated heterocycles. The molecule has 0 amide bonds.